The van der Waals surface area contributed by atoms with Crippen LogP contribution in [0.5, 0.6) is 0 Å². The summed E-state index contributed by atoms with van der Waals surface area (Å²) in [6, 6.07) is 0. The zero-order chi connectivity index (χ0) is 10.2. The molecule has 0 amide bonds. The maximum Gasteiger partial charge on any atom is 0.213 e. The maximum absolute atomic E-state index is 11.7. The van der Waals surface area contributed by atoms with Crippen LogP contribution in [0.3, 0.4) is 0 Å². The molecular formula is C10H19NO2S. The van der Waals surface area contributed by atoms with Crippen LogP contribution in [0.2, 0.25) is 0 Å². The van der Waals surface area contributed by atoms with Gasteiger partial charge < -0.3 is 0 Å². The summed E-state index contributed by atoms with van der Waals surface area (Å²) in [5.41, 5.74) is 0. The Morgan fingerprint density at radius 3 is 2.43 bits per heavy atom. The molecule has 1 aliphatic carbocycles. The molecule has 82 valence electrons. The van der Waals surface area contributed by atoms with Gasteiger partial charge in [0.15, 0.2) is 0 Å². The largest absolute Gasteiger partial charge is 0.213 e. The van der Waals surface area contributed by atoms with Crippen LogP contribution in [-0.2, 0) is 10.0 Å². The zero-order valence-corrected chi connectivity index (χ0v) is 9.59. The highest BCUT2D eigenvalue weighted by atomic mass is 32.2. The average Bonchev–Trinajstić information content (AvgIpc) is 2.26. The minimum Gasteiger partial charge on any atom is -0.212 e. The first-order valence-electron chi connectivity index (χ1n) is 5.53. The molecule has 1 saturated carbocycles. The Hall–Kier alpha value is -0.0900. The van der Waals surface area contributed by atoms with Gasteiger partial charge in [-0.25, -0.2) is 12.7 Å². The molecule has 0 N–H and O–H groups in total. The topological polar surface area (TPSA) is 37.4 Å². The van der Waals surface area contributed by atoms with Crippen LogP contribution >= 0.6 is 0 Å². The Balaban J connectivity index is 2.14. The molecular weight excluding hydrogens is 198 g/mol. The SMILES string of the molecule is CN1CC2CCCCC2CCS1(=O)=O. The lowest BCUT2D eigenvalue weighted by Crippen LogP contribution is -2.32. The lowest BCUT2D eigenvalue weighted by molar-refractivity contribution is 0.213. The van der Waals surface area contributed by atoms with Crippen molar-refractivity contribution >= 4 is 10.0 Å². The van der Waals surface area contributed by atoms with Crippen LogP contribution in [0, 0.1) is 11.8 Å². The highest BCUT2D eigenvalue weighted by Crippen LogP contribution is 2.35. The molecule has 3 nitrogen and oxygen atoms in total. The van der Waals surface area contributed by atoms with Gasteiger partial charge in [0.1, 0.15) is 0 Å². The summed E-state index contributed by atoms with van der Waals surface area (Å²) in [5, 5.41) is 0. The van der Waals surface area contributed by atoms with E-state index in [0.717, 1.165) is 13.0 Å². The van der Waals surface area contributed by atoms with Crippen molar-refractivity contribution in [1.29, 1.82) is 0 Å². The van der Waals surface area contributed by atoms with Gasteiger partial charge in [0.05, 0.1) is 5.75 Å². The van der Waals surface area contributed by atoms with Gasteiger partial charge in [-0.1, -0.05) is 19.3 Å². The van der Waals surface area contributed by atoms with E-state index in [0.29, 0.717) is 17.6 Å². The normalized spacial score (nSPS) is 38.6. The molecule has 0 bridgehead atoms. The van der Waals surface area contributed by atoms with E-state index < -0.39 is 10.0 Å². The summed E-state index contributed by atoms with van der Waals surface area (Å²) in [6.07, 6.45) is 5.94. The molecule has 1 heterocycles. The summed E-state index contributed by atoms with van der Waals surface area (Å²) in [4.78, 5) is 0. The van der Waals surface area contributed by atoms with E-state index in [1.807, 2.05) is 0 Å². The van der Waals surface area contributed by atoms with E-state index in [1.165, 1.54) is 25.7 Å². The Bertz CT molecular complexity index is 299. The van der Waals surface area contributed by atoms with Gasteiger partial charge in [-0.05, 0) is 24.7 Å². The lowest BCUT2D eigenvalue weighted by atomic mass is 9.78. The fraction of sp³-hybridized carbons (Fsp3) is 1.00. The number of hydrogen-bond donors (Lipinski definition) is 0. The van der Waals surface area contributed by atoms with Crippen molar-refractivity contribution in [3.05, 3.63) is 0 Å². The smallest absolute Gasteiger partial charge is 0.212 e. The Morgan fingerprint density at radius 1 is 1.07 bits per heavy atom. The van der Waals surface area contributed by atoms with E-state index in [1.54, 1.807) is 11.4 Å². The molecule has 14 heavy (non-hydrogen) atoms. The molecule has 2 atom stereocenters. The zero-order valence-electron chi connectivity index (χ0n) is 8.78. The van der Waals surface area contributed by atoms with E-state index in [4.69, 9.17) is 0 Å². The molecule has 1 saturated heterocycles. The van der Waals surface area contributed by atoms with Crippen molar-refractivity contribution in [2.45, 2.75) is 32.1 Å². The predicted octanol–water partition coefficient (Wildman–Crippen LogP) is 1.46. The first-order valence-corrected chi connectivity index (χ1v) is 7.14. The molecule has 2 aliphatic rings. The summed E-state index contributed by atoms with van der Waals surface area (Å²) < 4.78 is 24.9. The Labute approximate surface area is 86.5 Å². The number of fused-ring (bicyclic) bond motifs is 1. The number of sulfonamides is 1. The number of hydrogen-bond acceptors (Lipinski definition) is 2. The molecule has 2 fully saturated rings. The summed E-state index contributed by atoms with van der Waals surface area (Å²) in [7, 11) is -1.19. The van der Waals surface area contributed by atoms with Crippen molar-refractivity contribution in [3.8, 4) is 0 Å². The fourth-order valence-corrected chi connectivity index (χ4v) is 4.14. The molecule has 2 rings (SSSR count). The quantitative estimate of drug-likeness (QED) is 0.616. The average molecular weight is 217 g/mol. The third-order valence-corrected chi connectivity index (χ3v) is 5.63. The van der Waals surface area contributed by atoms with Crippen LogP contribution in [0.15, 0.2) is 0 Å². The molecule has 1 aliphatic heterocycles. The van der Waals surface area contributed by atoms with Gasteiger partial charge >= 0.3 is 0 Å². The highest BCUT2D eigenvalue weighted by Gasteiger charge is 2.33. The lowest BCUT2D eigenvalue weighted by Gasteiger charge is -2.30. The van der Waals surface area contributed by atoms with E-state index >= 15 is 0 Å². The second-order valence-corrected chi connectivity index (χ2v) is 6.89. The standard InChI is InChI=1S/C10H19NO2S/c1-11-8-10-5-3-2-4-9(10)6-7-14(11,12)13/h9-10H,2-8H2,1H3. The van der Waals surface area contributed by atoms with Gasteiger partial charge in [-0.15, -0.1) is 0 Å². The Kier molecular flexibility index (Phi) is 2.84. The first-order chi connectivity index (χ1) is 6.59. The van der Waals surface area contributed by atoms with E-state index in [9.17, 15) is 8.42 Å². The first kappa shape index (κ1) is 10.4. The maximum atomic E-state index is 11.7. The van der Waals surface area contributed by atoms with Crippen molar-refractivity contribution < 1.29 is 8.42 Å². The minimum absolute atomic E-state index is 0.366. The van der Waals surface area contributed by atoms with Gasteiger partial charge in [0, 0.05) is 13.6 Å². The van der Waals surface area contributed by atoms with Gasteiger partial charge in [0.2, 0.25) is 10.0 Å². The molecule has 0 spiro atoms. The van der Waals surface area contributed by atoms with Crippen LogP contribution in [0.1, 0.15) is 32.1 Å². The van der Waals surface area contributed by atoms with Crippen molar-refractivity contribution in [3.63, 3.8) is 0 Å². The number of rotatable bonds is 0. The highest BCUT2D eigenvalue weighted by molar-refractivity contribution is 7.89. The molecule has 0 aromatic rings. The molecule has 4 heteroatoms. The van der Waals surface area contributed by atoms with Crippen LogP contribution in [-0.4, -0.2) is 32.1 Å². The van der Waals surface area contributed by atoms with Crippen molar-refractivity contribution in [2.75, 3.05) is 19.3 Å². The van der Waals surface area contributed by atoms with Crippen LogP contribution in [0.4, 0.5) is 0 Å². The second kappa shape index (κ2) is 3.81. The van der Waals surface area contributed by atoms with Gasteiger partial charge in [-0.3, -0.25) is 0 Å². The molecule has 0 aromatic heterocycles. The summed E-state index contributed by atoms with van der Waals surface area (Å²) in [6.45, 7) is 0.757. The molecule has 0 radical (unpaired) electrons. The van der Waals surface area contributed by atoms with Gasteiger partial charge in [0.25, 0.3) is 0 Å². The van der Waals surface area contributed by atoms with Gasteiger partial charge in [-0.2, -0.15) is 0 Å². The fourth-order valence-electron chi connectivity index (χ4n) is 2.80. The van der Waals surface area contributed by atoms with E-state index in [-0.39, 0.29) is 0 Å². The predicted molar refractivity (Wildman–Crippen MR) is 56.5 cm³/mol. The third-order valence-electron chi connectivity index (χ3n) is 3.78. The van der Waals surface area contributed by atoms with Crippen LogP contribution in [0.25, 0.3) is 0 Å². The summed E-state index contributed by atoms with van der Waals surface area (Å²) in [5.74, 6) is 1.67. The monoisotopic (exact) mass is 217 g/mol. The number of nitrogens with zero attached hydrogens (tertiary/aromatic N) is 1. The molecule has 2 unspecified atom stereocenters. The molecule has 0 aromatic carbocycles. The second-order valence-electron chi connectivity index (χ2n) is 4.69. The summed E-state index contributed by atoms with van der Waals surface area (Å²) >= 11 is 0. The Morgan fingerprint density at radius 2 is 1.71 bits per heavy atom. The van der Waals surface area contributed by atoms with Crippen molar-refractivity contribution in [2.24, 2.45) is 11.8 Å². The van der Waals surface area contributed by atoms with Crippen molar-refractivity contribution in [1.82, 2.24) is 4.31 Å². The van der Waals surface area contributed by atoms with Crippen LogP contribution < -0.4 is 0 Å². The minimum atomic E-state index is -2.92. The van der Waals surface area contributed by atoms with E-state index in [2.05, 4.69) is 0 Å². The third kappa shape index (κ3) is 1.96.